The largest absolute Gasteiger partial charge is 0.444 e. The van der Waals surface area contributed by atoms with Gasteiger partial charge in [-0.25, -0.2) is 4.79 Å². The molecule has 0 heterocycles. The molecule has 4 nitrogen and oxygen atoms in total. The fourth-order valence-electron chi connectivity index (χ4n) is 2.04. The smallest absolute Gasteiger partial charge is 0.410 e. The fraction of sp³-hybridized carbons (Fsp3) is 0.400. The van der Waals surface area contributed by atoms with Gasteiger partial charge in [-0.3, -0.25) is 9.69 Å². The van der Waals surface area contributed by atoms with Gasteiger partial charge in [0.2, 0.25) is 0 Å². The predicted octanol–water partition coefficient (Wildman–Crippen LogP) is 4.52. The van der Waals surface area contributed by atoms with Gasteiger partial charge in [-0.15, -0.1) is 0 Å². The SMILES string of the molecule is C=C/C=C/CCC(=O)CN(Cc1ccccc1)C(=O)OC(C)(C)C. The normalized spacial score (nSPS) is 11.3. The molecule has 4 heteroatoms. The van der Waals surface area contributed by atoms with Crippen LogP contribution in [0.15, 0.2) is 55.1 Å². The second-order valence-electron chi connectivity index (χ2n) is 6.56. The molecule has 1 amide bonds. The van der Waals surface area contributed by atoms with Crippen LogP contribution in [0.4, 0.5) is 4.79 Å². The molecule has 0 saturated carbocycles. The standard InChI is InChI=1S/C20H27NO3/c1-5-6-7-11-14-18(22)16-21(19(23)24-20(2,3)4)15-17-12-9-8-10-13-17/h5-10,12-13H,1,11,14-16H2,2-4H3/b7-6+. The first-order valence-electron chi connectivity index (χ1n) is 8.13. The lowest BCUT2D eigenvalue weighted by Crippen LogP contribution is -2.39. The summed E-state index contributed by atoms with van der Waals surface area (Å²) >= 11 is 0. The minimum absolute atomic E-state index is 0.00509. The number of Topliss-reactive ketones (excluding diaryl/α,β-unsaturated/α-hetero) is 1. The Hall–Kier alpha value is -2.36. The summed E-state index contributed by atoms with van der Waals surface area (Å²) in [5, 5.41) is 0. The summed E-state index contributed by atoms with van der Waals surface area (Å²) in [5.41, 5.74) is 0.365. The Labute approximate surface area is 144 Å². The van der Waals surface area contributed by atoms with E-state index < -0.39 is 11.7 Å². The van der Waals surface area contributed by atoms with Crippen molar-refractivity contribution in [1.82, 2.24) is 4.90 Å². The van der Waals surface area contributed by atoms with Gasteiger partial charge in [-0.05, 0) is 32.8 Å². The van der Waals surface area contributed by atoms with Crippen LogP contribution in [0.25, 0.3) is 0 Å². The highest BCUT2D eigenvalue weighted by Gasteiger charge is 2.23. The number of rotatable bonds is 8. The third-order valence-electron chi connectivity index (χ3n) is 3.10. The summed E-state index contributed by atoms with van der Waals surface area (Å²) in [6.07, 6.45) is 5.92. The zero-order valence-corrected chi connectivity index (χ0v) is 14.8. The lowest BCUT2D eigenvalue weighted by atomic mass is 10.1. The van der Waals surface area contributed by atoms with Crippen molar-refractivity contribution in [2.45, 2.75) is 45.8 Å². The van der Waals surface area contributed by atoms with Gasteiger partial charge in [-0.1, -0.05) is 55.1 Å². The summed E-state index contributed by atoms with van der Waals surface area (Å²) in [4.78, 5) is 26.0. The Kier molecular flexibility index (Phi) is 7.96. The van der Waals surface area contributed by atoms with Crippen LogP contribution in [0, 0.1) is 0 Å². The fourth-order valence-corrected chi connectivity index (χ4v) is 2.04. The van der Waals surface area contributed by atoms with Crippen molar-refractivity contribution < 1.29 is 14.3 Å². The lowest BCUT2D eigenvalue weighted by molar-refractivity contribution is -0.120. The molecule has 0 aliphatic rings. The third kappa shape index (κ3) is 8.32. The summed E-state index contributed by atoms with van der Waals surface area (Å²) in [6.45, 7) is 9.43. The Morgan fingerprint density at radius 2 is 1.88 bits per heavy atom. The van der Waals surface area contributed by atoms with Crippen LogP contribution in [0.2, 0.25) is 0 Å². The Morgan fingerprint density at radius 3 is 2.46 bits per heavy atom. The van der Waals surface area contributed by atoms with E-state index in [2.05, 4.69) is 6.58 Å². The van der Waals surface area contributed by atoms with Gasteiger partial charge in [0, 0.05) is 13.0 Å². The molecule has 0 aromatic heterocycles. The van der Waals surface area contributed by atoms with Crippen LogP contribution in [-0.2, 0) is 16.1 Å². The molecule has 0 saturated heterocycles. The van der Waals surface area contributed by atoms with Crippen LogP contribution in [0.3, 0.4) is 0 Å². The number of benzene rings is 1. The van der Waals surface area contributed by atoms with E-state index in [0.717, 1.165) is 5.56 Å². The highest BCUT2D eigenvalue weighted by Crippen LogP contribution is 2.13. The van der Waals surface area contributed by atoms with E-state index >= 15 is 0 Å². The molecule has 0 unspecified atom stereocenters. The van der Waals surface area contributed by atoms with E-state index in [1.165, 1.54) is 4.90 Å². The highest BCUT2D eigenvalue weighted by atomic mass is 16.6. The molecule has 1 aromatic rings. The van der Waals surface area contributed by atoms with Crippen molar-refractivity contribution in [3.05, 3.63) is 60.7 Å². The van der Waals surface area contributed by atoms with Crippen molar-refractivity contribution in [2.24, 2.45) is 0 Å². The van der Waals surface area contributed by atoms with E-state index in [9.17, 15) is 9.59 Å². The summed E-state index contributed by atoms with van der Waals surface area (Å²) < 4.78 is 5.42. The van der Waals surface area contributed by atoms with Crippen LogP contribution >= 0.6 is 0 Å². The van der Waals surface area contributed by atoms with Crippen molar-refractivity contribution in [3.8, 4) is 0 Å². The first-order valence-corrected chi connectivity index (χ1v) is 8.13. The number of hydrogen-bond acceptors (Lipinski definition) is 3. The van der Waals surface area contributed by atoms with Crippen molar-refractivity contribution in [2.75, 3.05) is 6.54 Å². The zero-order valence-electron chi connectivity index (χ0n) is 14.8. The molecule has 0 spiro atoms. The zero-order chi connectivity index (χ0) is 18.0. The second kappa shape index (κ2) is 9.71. The molecule has 0 fully saturated rings. The first kappa shape index (κ1) is 19.7. The number of nitrogens with zero attached hydrogens (tertiary/aromatic N) is 1. The van der Waals surface area contributed by atoms with Gasteiger partial charge in [0.25, 0.3) is 0 Å². The van der Waals surface area contributed by atoms with Crippen molar-refractivity contribution in [3.63, 3.8) is 0 Å². The minimum Gasteiger partial charge on any atom is -0.444 e. The van der Waals surface area contributed by atoms with E-state index in [-0.39, 0.29) is 12.3 Å². The monoisotopic (exact) mass is 329 g/mol. The number of amides is 1. The van der Waals surface area contributed by atoms with E-state index in [1.807, 2.05) is 63.3 Å². The quantitative estimate of drug-likeness (QED) is 0.659. The van der Waals surface area contributed by atoms with Gasteiger partial charge < -0.3 is 4.74 Å². The van der Waals surface area contributed by atoms with E-state index in [0.29, 0.717) is 19.4 Å². The van der Waals surface area contributed by atoms with Crippen molar-refractivity contribution in [1.29, 1.82) is 0 Å². The number of allylic oxidation sites excluding steroid dienone is 3. The topological polar surface area (TPSA) is 46.6 Å². The molecule has 0 aliphatic heterocycles. The Bertz CT molecular complexity index is 570. The number of ketones is 1. The first-order chi connectivity index (χ1) is 11.3. The van der Waals surface area contributed by atoms with E-state index in [1.54, 1.807) is 6.08 Å². The van der Waals surface area contributed by atoms with Crippen LogP contribution in [-0.4, -0.2) is 28.9 Å². The molecule has 0 atom stereocenters. The molecule has 24 heavy (non-hydrogen) atoms. The van der Waals surface area contributed by atoms with Crippen molar-refractivity contribution >= 4 is 11.9 Å². The van der Waals surface area contributed by atoms with Gasteiger partial charge in [-0.2, -0.15) is 0 Å². The predicted molar refractivity (Wildman–Crippen MR) is 96.7 cm³/mol. The van der Waals surface area contributed by atoms with E-state index in [4.69, 9.17) is 4.74 Å². The Morgan fingerprint density at radius 1 is 1.21 bits per heavy atom. The number of carbonyl (C=O) groups excluding carboxylic acids is 2. The molecule has 0 radical (unpaired) electrons. The summed E-state index contributed by atoms with van der Waals surface area (Å²) in [6, 6.07) is 9.58. The number of hydrogen-bond donors (Lipinski definition) is 0. The maximum Gasteiger partial charge on any atom is 0.410 e. The average Bonchev–Trinajstić information content (AvgIpc) is 2.50. The Balaban J connectivity index is 2.73. The summed E-state index contributed by atoms with van der Waals surface area (Å²) in [7, 11) is 0. The van der Waals surface area contributed by atoms with Gasteiger partial charge >= 0.3 is 6.09 Å². The average molecular weight is 329 g/mol. The highest BCUT2D eigenvalue weighted by molar-refractivity contribution is 5.84. The van der Waals surface area contributed by atoms with Crippen LogP contribution in [0.1, 0.15) is 39.2 Å². The lowest BCUT2D eigenvalue weighted by Gasteiger charge is -2.27. The van der Waals surface area contributed by atoms with Gasteiger partial charge in [0.1, 0.15) is 5.60 Å². The number of ether oxygens (including phenoxy) is 1. The van der Waals surface area contributed by atoms with Crippen LogP contribution in [0.5, 0.6) is 0 Å². The third-order valence-corrected chi connectivity index (χ3v) is 3.10. The molecule has 130 valence electrons. The molecule has 1 aromatic carbocycles. The molecule has 0 aliphatic carbocycles. The number of carbonyl (C=O) groups is 2. The van der Waals surface area contributed by atoms with Gasteiger partial charge in [0.05, 0.1) is 6.54 Å². The second-order valence-corrected chi connectivity index (χ2v) is 6.56. The molecule has 0 bridgehead atoms. The molecular formula is C20H27NO3. The maximum atomic E-state index is 12.4. The molecular weight excluding hydrogens is 302 g/mol. The minimum atomic E-state index is -0.595. The molecule has 1 rings (SSSR count). The summed E-state index contributed by atoms with van der Waals surface area (Å²) in [5.74, 6) is 0.00509. The van der Waals surface area contributed by atoms with Crippen LogP contribution < -0.4 is 0 Å². The molecule has 0 N–H and O–H groups in total. The maximum absolute atomic E-state index is 12.4. The van der Waals surface area contributed by atoms with Gasteiger partial charge in [0.15, 0.2) is 5.78 Å².